The predicted octanol–water partition coefficient (Wildman–Crippen LogP) is 3.04. The first-order valence-electron chi connectivity index (χ1n) is 8.35. The summed E-state index contributed by atoms with van der Waals surface area (Å²) in [5.41, 5.74) is 7.29. The van der Waals surface area contributed by atoms with Crippen molar-refractivity contribution in [3.05, 3.63) is 71.8 Å². The third-order valence-electron chi connectivity index (χ3n) is 4.83. The van der Waals surface area contributed by atoms with Gasteiger partial charge in [-0.2, -0.15) is 0 Å². The molecular formula is C20H22N2O2S. The minimum absolute atomic E-state index is 0.0364. The molecule has 1 fully saturated rings. The van der Waals surface area contributed by atoms with Gasteiger partial charge in [0.1, 0.15) is 5.25 Å². The maximum Gasteiger partial charge on any atom is 0.236 e. The second-order valence-electron chi connectivity index (χ2n) is 6.71. The zero-order valence-electron chi connectivity index (χ0n) is 14.1. The van der Waals surface area contributed by atoms with Crippen LogP contribution in [0, 0.1) is 5.41 Å². The van der Waals surface area contributed by atoms with Crippen molar-refractivity contribution in [3.63, 3.8) is 0 Å². The van der Waals surface area contributed by atoms with Crippen LogP contribution < -0.4 is 10.5 Å². The van der Waals surface area contributed by atoms with Crippen LogP contribution in [0.25, 0.3) is 0 Å². The smallest absolute Gasteiger partial charge is 0.236 e. The van der Waals surface area contributed by atoms with Gasteiger partial charge >= 0.3 is 0 Å². The fraction of sp³-hybridized carbons (Fsp3) is 0.300. The van der Waals surface area contributed by atoms with Gasteiger partial charge in [0, 0.05) is 0 Å². The third-order valence-corrected chi connectivity index (χ3v) is 5.82. The summed E-state index contributed by atoms with van der Waals surface area (Å²) in [7, 11) is 0. The lowest BCUT2D eigenvalue weighted by Gasteiger charge is -2.16. The van der Waals surface area contributed by atoms with E-state index in [2.05, 4.69) is 16.9 Å². The lowest BCUT2D eigenvalue weighted by atomic mass is 10.0. The number of benzene rings is 2. The average Bonchev–Trinajstić information content (AvgIpc) is 3.33. The molecule has 1 aliphatic rings. The molecule has 3 rings (SSSR count). The van der Waals surface area contributed by atoms with Crippen molar-refractivity contribution in [3.8, 4) is 0 Å². The van der Waals surface area contributed by atoms with Gasteiger partial charge in [0.25, 0.3) is 0 Å². The quantitative estimate of drug-likeness (QED) is 0.751. The lowest BCUT2D eigenvalue weighted by Crippen LogP contribution is -2.34. The van der Waals surface area contributed by atoms with Crippen LogP contribution in [0.3, 0.4) is 0 Å². The van der Waals surface area contributed by atoms with Gasteiger partial charge < -0.3 is 5.73 Å². The van der Waals surface area contributed by atoms with Gasteiger partial charge in [-0.05, 0) is 41.8 Å². The molecule has 0 aliphatic heterocycles. The van der Waals surface area contributed by atoms with Crippen LogP contribution in [-0.4, -0.2) is 17.1 Å². The summed E-state index contributed by atoms with van der Waals surface area (Å²) >= 11 is 1.12. The Bertz CT molecular complexity index is 751. The molecule has 0 aromatic heterocycles. The number of nitrogens with one attached hydrogen (secondary N) is 1. The molecule has 1 unspecified atom stereocenters. The highest BCUT2D eigenvalue weighted by molar-refractivity contribution is 7.99. The van der Waals surface area contributed by atoms with E-state index in [9.17, 15) is 9.59 Å². The van der Waals surface area contributed by atoms with E-state index >= 15 is 0 Å². The second kappa shape index (κ2) is 7.31. The number of hydrogen-bond donors (Lipinski definition) is 2. The molecule has 3 atom stereocenters. The van der Waals surface area contributed by atoms with E-state index in [-0.39, 0.29) is 11.8 Å². The lowest BCUT2D eigenvalue weighted by molar-refractivity contribution is -0.123. The minimum atomic E-state index is -0.483. The van der Waals surface area contributed by atoms with Crippen LogP contribution in [0.2, 0.25) is 0 Å². The number of amides is 2. The molecule has 130 valence electrons. The maximum absolute atomic E-state index is 12.6. The Morgan fingerprint density at radius 1 is 1.16 bits per heavy atom. The first kappa shape index (κ1) is 17.5. The molecule has 2 amide bonds. The Hall–Kier alpha value is -2.27. The summed E-state index contributed by atoms with van der Waals surface area (Å²) in [5, 5.41) is -0.483. The van der Waals surface area contributed by atoms with E-state index in [1.54, 1.807) is 0 Å². The molecule has 3 N–H and O–H groups in total. The average molecular weight is 354 g/mol. The Morgan fingerprint density at radius 2 is 1.76 bits per heavy atom. The van der Waals surface area contributed by atoms with Crippen LogP contribution >= 0.6 is 11.9 Å². The predicted molar refractivity (Wildman–Crippen MR) is 101 cm³/mol. The molecular weight excluding hydrogens is 332 g/mol. The van der Waals surface area contributed by atoms with E-state index in [0.717, 1.165) is 23.9 Å². The van der Waals surface area contributed by atoms with Gasteiger partial charge in [0.05, 0.1) is 5.41 Å². The normalized spacial score (nSPS) is 22.8. The van der Waals surface area contributed by atoms with Crippen molar-refractivity contribution in [2.75, 3.05) is 0 Å². The number of primary amides is 1. The molecule has 0 radical (unpaired) electrons. The second-order valence-corrected chi connectivity index (χ2v) is 7.72. The molecule has 5 heteroatoms. The van der Waals surface area contributed by atoms with E-state index in [1.807, 2.05) is 55.5 Å². The van der Waals surface area contributed by atoms with Crippen molar-refractivity contribution in [2.24, 2.45) is 11.1 Å². The summed E-state index contributed by atoms with van der Waals surface area (Å²) < 4.78 is 2.86. The van der Waals surface area contributed by atoms with Crippen LogP contribution in [0.1, 0.15) is 30.4 Å². The number of rotatable bonds is 7. The van der Waals surface area contributed by atoms with Crippen molar-refractivity contribution in [2.45, 2.75) is 30.9 Å². The topological polar surface area (TPSA) is 72.2 Å². The summed E-state index contributed by atoms with van der Waals surface area (Å²) in [5.74, 6) is -0.226. The van der Waals surface area contributed by atoms with Crippen LogP contribution in [0.15, 0.2) is 60.7 Å². The highest BCUT2D eigenvalue weighted by atomic mass is 32.2. The van der Waals surface area contributed by atoms with E-state index < -0.39 is 16.6 Å². The Labute approximate surface area is 152 Å². The van der Waals surface area contributed by atoms with Crippen molar-refractivity contribution in [1.29, 1.82) is 0 Å². The molecule has 1 aliphatic carbocycles. The fourth-order valence-electron chi connectivity index (χ4n) is 3.06. The SMILES string of the molecule is C[C@]1(C(=O)NS[C@@H](Cc2ccccc2)C(N)=O)CC1c1ccccc1. The number of carbonyl (C=O) groups is 2. The van der Waals surface area contributed by atoms with Gasteiger partial charge in [-0.1, -0.05) is 67.6 Å². The zero-order valence-corrected chi connectivity index (χ0v) is 15.0. The Kier molecular flexibility index (Phi) is 5.13. The largest absolute Gasteiger partial charge is 0.369 e. The van der Waals surface area contributed by atoms with E-state index in [4.69, 9.17) is 5.73 Å². The number of carbonyl (C=O) groups excluding carboxylic acids is 2. The van der Waals surface area contributed by atoms with Crippen LogP contribution in [-0.2, 0) is 16.0 Å². The maximum atomic E-state index is 12.6. The molecule has 1 saturated carbocycles. The van der Waals surface area contributed by atoms with Crippen molar-refractivity contribution in [1.82, 2.24) is 4.72 Å². The minimum Gasteiger partial charge on any atom is -0.369 e. The molecule has 4 nitrogen and oxygen atoms in total. The van der Waals surface area contributed by atoms with Gasteiger partial charge in [-0.3, -0.25) is 14.3 Å². The molecule has 2 aromatic carbocycles. The van der Waals surface area contributed by atoms with Gasteiger partial charge in [0.2, 0.25) is 11.8 Å². The van der Waals surface area contributed by atoms with Crippen molar-refractivity contribution >= 4 is 23.8 Å². The molecule has 0 spiro atoms. The number of hydrogen-bond acceptors (Lipinski definition) is 3. The first-order chi connectivity index (χ1) is 12.0. The molecule has 0 saturated heterocycles. The van der Waals surface area contributed by atoms with Gasteiger partial charge in [-0.25, -0.2) is 0 Å². The molecule has 25 heavy (non-hydrogen) atoms. The monoisotopic (exact) mass is 354 g/mol. The molecule has 2 aromatic rings. The van der Waals surface area contributed by atoms with Crippen molar-refractivity contribution < 1.29 is 9.59 Å². The summed E-state index contributed by atoms with van der Waals surface area (Å²) in [6, 6.07) is 19.7. The molecule has 0 heterocycles. The van der Waals surface area contributed by atoms with Crippen LogP contribution in [0.5, 0.6) is 0 Å². The standard InChI is InChI=1S/C20H22N2O2S/c1-20(13-16(20)15-10-6-3-7-11-15)19(24)22-25-17(18(21)23)12-14-8-4-2-5-9-14/h2-11,16-17H,12-13H2,1H3,(H2,21,23)(H,22,24)/t16?,17-,20-/m0/s1. The molecule has 0 bridgehead atoms. The fourth-order valence-corrected chi connectivity index (χ4v) is 3.93. The zero-order chi connectivity index (χ0) is 17.9. The summed E-state index contributed by atoms with van der Waals surface area (Å²) in [6.45, 7) is 1.97. The van der Waals surface area contributed by atoms with Crippen LogP contribution in [0.4, 0.5) is 0 Å². The highest BCUT2D eigenvalue weighted by Crippen LogP contribution is 2.59. The highest BCUT2D eigenvalue weighted by Gasteiger charge is 2.56. The van der Waals surface area contributed by atoms with E-state index in [1.165, 1.54) is 5.56 Å². The summed E-state index contributed by atoms with van der Waals surface area (Å²) in [4.78, 5) is 24.3. The van der Waals surface area contributed by atoms with Gasteiger partial charge in [-0.15, -0.1) is 0 Å². The summed E-state index contributed by atoms with van der Waals surface area (Å²) in [6.07, 6.45) is 1.32. The Balaban J connectivity index is 1.58. The Morgan fingerprint density at radius 3 is 2.36 bits per heavy atom. The van der Waals surface area contributed by atoms with E-state index in [0.29, 0.717) is 6.42 Å². The third kappa shape index (κ3) is 4.04. The van der Waals surface area contributed by atoms with Gasteiger partial charge in [0.15, 0.2) is 0 Å². The first-order valence-corrected chi connectivity index (χ1v) is 9.23. The number of nitrogens with two attached hydrogens (primary N) is 1.